The molecule has 0 radical (unpaired) electrons. The van der Waals surface area contributed by atoms with Gasteiger partial charge >= 0.3 is 12.4 Å². The smallest absolute Gasteiger partial charge is 0.369 e. The first-order valence-electron chi connectivity index (χ1n) is 8.42. The summed E-state index contributed by atoms with van der Waals surface area (Å²) in [5.74, 6) is -1.05. The van der Waals surface area contributed by atoms with Crippen molar-refractivity contribution in [2.45, 2.75) is 18.0 Å². The molecule has 0 atom stereocenters. The zero-order chi connectivity index (χ0) is 23.2. The molecule has 0 bridgehead atoms. The number of hydrogen-bond donors (Lipinski definition) is 2. The second-order valence-electron chi connectivity index (χ2n) is 6.50. The number of rotatable bonds is 3. The Bertz CT molecular complexity index is 1150. The molecule has 0 aromatic heterocycles. The number of anilines is 1. The van der Waals surface area contributed by atoms with Crippen molar-refractivity contribution in [3.63, 3.8) is 0 Å². The zero-order valence-electron chi connectivity index (χ0n) is 15.1. The molecule has 0 saturated carbocycles. The van der Waals surface area contributed by atoms with E-state index in [2.05, 4.69) is 5.32 Å². The number of fused-ring (bicyclic) bond motifs is 1. The van der Waals surface area contributed by atoms with E-state index in [0.29, 0.717) is 6.07 Å². The maximum absolute atomic E-state index is 13.5. The Kier molecular flexibility index (Phi) is 5.90. The van der Waals surface area contributed by atoms with Gasteiger partial charge in [-0.05, 0) is 23.6 Å². The van der Waals surface area contributed by atoms with E-state index in [0.717, 1.165) is 12.1 Å². The van der Waals surface area contributed by atoms with Crippen LogP contribution < -0.4 is 5.32 Å². The molecular formula is C20H11Cl2F6NO2. The van der Waals surface area contributed by atoms with Crippen molar-refractivity contribution >= 4 is 45.6 Å². The standard InChI is InChI=1S/C20H11Cl2F6NO2/c21-14-8-6-11(9-15(14)22)17(30)29-16-12-4-2-1-3-10(12)5-7-13(16)18(31,19(23,24)25)20(26,27)28/h1-9,31H,(H,29,30). The van der Waals surface area contributed by atoms with Crippen LogP contribution >= 0.6 is 23.2 Å². The average molecular weight is 482 g/mol. The largest absolute Gasteiger partial charge is 0.430 e. The molecule has 3 nitrogen and oxygen atoms in total. The molecule has 0 aliphatic carbocycles. The van der Waals surface area contributed by atoms with Crippen LogP contribution in [0.15, 0.2) is 54.6 Å². The minimum Gasteiger partial charge on any atom is -0.369 e. The van der Waals surface area contributed by atoms with Crippen LogP contribution in [0.3, 0.4) is 0 Å². The van der Waals surface area contributed by atoms with Crippen LogP contribution in [0.5, 0.6) is 0 Å². The van der Waals surface area contributed by atoms with E-state index < -0.39 is 35.1 Å². The highest BCUT2D eigenvalue weighted by molar-refractivity contribution is 6.42. The van der Waals surface area contributed by atoms with Gasteiger partial charge < -0.3 is 10.4 Å². The summed E-state index contributed by atoms with van der Waals surface area (Å²) in [4.78, 5) is 12.6. The number of benzene rings is 3. The van der Waals surface area contributed by atoms with Crippen molar-refractivity contribution < 1.29 is 36.2 Å². The van der Waals surface area contributed by atoms with Crippen LogP contribution in [-0.2, 0) is 5.60 Å². The summed E-state index contributed by atoms with van der Waals surface area (Å²) in [6.07, 6.45) is -12.3. The Balaban J connectivity index is 2.26. The lowest BCUT2D eigenvalue weighted by Gasteiger charge is -2.34. The third-order valence-electron chi connectivity index (χ3n) is 4.56. The number of aliphatic hydroxyl groups is 1. The minimum atomic E-state index is -6.13. The summed E-state index contributed by atoms with van der Waals surface area (Å²) in [5, 5.41) is 12.1. The molecular weight excluding hydrogens is 471 g/mol. The van der Waals surface area contributed by atoms with Crippen LogP contribution in [0.2, 0.25) is 10.0 Å². The quantitative estimate of drug-likeness (QED) is 0.408. The highest BCUT2D eigenvalue weighted by Gasteiger charge is 2.72. The van der Waals surface area contributed by atoms with Gasteiger partial charge in [-0.3, -0.25) is 4.79 Å². The molecule has 0 aliphatic rings. The van der Waals surface area contributed by atoms with Crippen molar-refractivity contribution in [2.75, 3.05) is 5.32 Å². The Morgan fingerprint density at radius 3 is 2.03 bits per heavy atom. The Labute approximate surface area is 181 Å². The number of amides is 1. The van der Waals surface area contributed by atoms with Gasteiger partial charge in [0.1, 0.15) is 0 Å². The average Bonchev–Trinajstić information content (AvgIpc) is 2.68. The van der Waals surface area contributed by atoms with Crippen LogP contribution in [0, 0.1) is 0 Å². The molecule has 3 rings (SSSR count). The van der Waals surface area contributed by atoms with Gasteiger partial charge in [0.15, 0.2) is 0 Å². The summed E-state index contributed by atoms with van der Waals surface area (Å²) >= 11 is 11.6. The van der Waals surface area contributed by atoms with Gasteiger partial charge in [-0.1, -0.05) is 59.6 Å². The maximum atomic E-state index is 13.5. The minimum absolute atomic E-state index is 0.0467. The molecule has 11 heteroatoms. The molecule has 0 fully saturated rings. The third-order valence-corrected chi connectivity index (χ3v) is 5.30. The molecule has 3 aromatic rings. The molecule has 0 aliphatic heterocycles. The third kappa shape index (κ3) is 4.05. The van der Waals surface area contributed by atoms with E-state index in [1.165, 1.54) is 36.4 Å². The normalized spacial score (nSPS) is 12.8. The first-order valence-corrected chi connectivity index (χ1v) is 9.17. The first-order chi connectivity index (χ1) is 14.3. The lowest BCUT2D eigenvalue weighted by Crippen LogP contribution is -2.54. The molecule has 31 heavy (non-hydrogen) atoms. The van der Waals surface area contributed by atoms with E-state index in [1.807, 2.05) is 0 Å². The van der Waals surface area contributed by atoms with Crippen molar-refractivity contribution in [3.8, 4) is 0 Å². The first kappa shape index (κ1) is 23.2. The van der Waals surface area contributed by atoms with Gasteiger partial charge in [-0.2, -0.15) is 26.3 Å². The summed E-state index contributed by atoms with van der Waals surface area (Å²) in [6, 6.07) is 10.5. The van der Waals surface area contributed by atoms with Crippen LogP contribution in [0.25, 0.3) is 10.8 Å². The number of alkyl halides is 6. The molecule has 164 valence electrons. The molecule has 0 unspecified atom stereocenters. The Morgan fingerprint density at radius 1 is 0.839 bits per heavy atom. The number of hydrogen-bond acceptors (Lipinski definition) is 2. The van der Waals surface area contributed by atoms with Gasteiger partial charge in [0.05, 0.1) is 15.7 Å². The molecule has 0 heterocycles. The molecule has 0 spiro atoms. The van der Waals surface area contributed by atoms with Gasteiger partial charge in [0.2, 0.25) is 0 Å². The lowest BCUT2D eigenvalue weighted by molar-refractivity contribution is -0.375. The highest BCUT2D eigenvalue weighted by atomic mass is 35.5. The fraction of sp³-hybridized carbons (Fsp3) is 0.150. The SMILES string of the molecule is O=C(Nc1c(C(O)(C(F)(F)F)C(F)(F)F)ccc2ccccc12)c1ccc(Cl)c(Cl)c1. The summed E-state index contributed by atoms with van der Waals surface area (Å²) in [5.41, 5.74) is -7.81. The number of halogens is 8. The molecule has 0 saturated heterocycles. The fourth-order valence-electron chi connectivity index (χ4n) is 3.00. The van der Waals surface area contributed by atoms with Gasteiger partial charge in [0.25, 0.3) is 11.5 Å². The van der Waals surface area contributed by atoms with Crippen molar-refractivity contribution in [1.82, 2.24) is 0 Å². The topological polar surface area (TPSA) is 49.3 Å². The van der Waals surface area contributed by atoms with Crippen molar-refractivity contribution in [3.05, 3.63) is 75.8 Å². The van der Waals surface area contributed by atoms with Gasteiger partial charge in [0, 0.05) is 16.5 Å². The monoisotopic (exact) mass is 481 g/mol. The number of nitrogens with one attached hydrogen (secondary N) is 1. The lowest BCUT2D eigenvalue weighted by atomic mass is 9.88. The van der Waals surface area contributed by atoms with Crippen LogP contribution in [-0.4, -0.2) is 23.4 Å². The number of carbonyl (C=O) groups is 1. The van der Waals surface area contributed by atoms with E-state index in [4.69, 9.17) is 23.2 Å². The summed E-state index contributed by atoms with van der Waals surface area (Å²) in [6.45, 7) is 0. The maximum Gasteiger partial charge on any atom is 0.430 e. The molecule has 1 amide bonds. The highest BCUT2D eigenvalue weighted by Crippen LogP contribution is 2.53. The van der Waals surface area contributed by atoms with Gasteiger partial charge in [-0.25, -0.2) is 0 Å². The fourth-order valence-corrected chi connectivity index (χ4v) is 3.29. The molecule has 2 N–H and O–H groups in total. The van der Waals surface area contributed by atoms with Gasteiger partial charge in [-0.15, -0.1) is 0 Å². The number of carbonyl (C=O) groups excluding carboxylic acids is 1. The van der Waals surface area contributed by atoms with Crippen molar-refractivity contribution in [1.29, 1.82) is 0 Å². The Morgan fingerprint density at radius 2 is 1.45 bits per heavy atom. The second-order valence-corrected chi connectivity index (χ2v) is 7.31. The van der Waals surface area contributed by atoms with E-state index in [9.17, 15) is 36.2 Å². The van der Waals surface area contributed by atoms with E-state index >= 15 is 0 Å². The molecule has 3 aromatic carbocycles. The van der Waals surface area contributed by atoms with Crippen LogP contribution in [0.4, 0.5) is 32.0 Å². The zero-order valence-corrected chi connectivity index (χ0v) is 16.6. The second kappa shape index (κ2) is 7.89. The summed E-state index contributed by atoms with van der Waals surface area (Å²) < 4.78 is 81.1. The predicted octanol–water partition coefficient (Wildman–Crippen LogP) is 6.71. The van der Waals surface area contributed by atoms with Crippen molar-refractivity contribution in [2.24, 2.45) is 0 Å². The Hall–Kier alpha value is -2.49. The predicted molar refractivity (Wildman–Crippen MR) is 104 cm³/mol. The van der Waals surface area contributed by atoms with E-state index in [-0.39, 0.29) is 26.4 Å². The summed E-state index contributed by atoms with van der Waals surface area (Å²) in [7, 11) is 0. The van der Waals surface area contributed by atoms with Crippen LogP contribution in [0.1, 0.15) is 15.9 Å². The van der Waals surface area contributed by atoms with E-state index in [1.54, 1.807) is 0 Å².